The third kappa shape index (κ3) is 3.00. The molecule has 0 saturated carbocycles. The Morgan fingerprint density at radius 3 is 2.75 bits per heavy atom. The third-order valence-electron chi connectivity index (χ3n) is 2.39. The van der Waals surface area contributed by atoms with Crippen molar-refractivity contribution in [2.45, 2.75) is 11.8 Å². The van der Waals surface area contributed by atoms with E-state index in [2.05, 4.69) is 25.6 Å². The summed E-state index contributed by atoms with van der Waals surface area (Å²) >= 11 is 4.50. The van der Waals surface area contributed by atoms with Gasteiger partial charge in [0.05, 0.1) is 9.47 Å². The second-order valence-corrected chi connectivity index (χ2v) is 8.07. The van der Waals surface area contributed by atoms with E-state index in [1.807, 2.05) is 0 Å². The van der Waals surface area contributed by atoms with Crippen molar-refractivity contribution in [3.63, 3.8) is 0 Å². The number of carboxylic acid groups (broad SMARTS) is 1. The second kappa shape index (κ2) is 5.51. The fourth-order valence-corrected chi connectivity index (χ4v) is 5.04. The standard InChI is InChI=1S/C11H9BrN2O4S2/c1-6-8(5-9(12)19-6)20(17,18)14-7-3-2-4-13-10(7)11(15)16/h2-5,14H,1H3,(H,15,16). The lowest BCUT2D eigenvalue weighted by molar-refractivity contribution is 0.0692. The van der Waals surface area contributed by atoms with Crippen LogP contribution in [0.1, 0.15) is 15.4 Å². The molecule has 0 amide bonds. The summed E-state index contributed by atoms with van der Waals surface area (Å²) in [4.78, 5) is 15.4. The largest absolute Gasteiger partial charge is 0.476 e. The molecule has 0 spiro atoms. The molecule has 0 saturated heterocycles. The topological polar surface area (TPSA) is 96.4 Å². The van der Waals surface area contributed by atoms with Crippen molar-refractivity contribution in [3.05, 3.63) is 38.8 Å². The van der Waals surface area contributed by atoms with Crippen LogP contribution in [0, 0.1) is 6.92 Å². The number of aromatic nitrogens is 1. The number of aryl methyl sites for hydroxylation is 1. The number of thiophene rings is 1. The van der Waals surface area contributed by atoms with Crippen molar-refractivity contribution in [1.82, 2.24) is 4.98 Å². The first-order valence-electron chi connectivity index (χ1n) is 5.28. The number of pyridine rings is 1. The Morgan fingerprint density at radius 1 is 1.50 bits per heavy atom. The van der Waals surface area contributed by atoms with Crippen molar-refractivity contribution in [3.8, 4) is 0 Å². The molecule has 9 heteroatoms. The molecular formula is C11H9BrN2O4S2. The minimum absolute atomic E-state index is 0.0678. The van der Waals surface area contributed by atoms with Gasteiger partial charge < -0.3 is 5.11 Å². The number of nitrogens with zero attached hydrogens (tertiary/aromatic N) is 1. The molecule has 0 aliphatic heterocycles. The van der Waals surface area contributed by atoms with E-state index in [1.54, 1.807) is 6.92 Å². The van der Waals surface area contributed by atoms with E-state index < -0.39 is 16.0 Å². The van der Waals surface area contributed by atoms with E-state index in [0.29, 0.717) is 8.66 Å². The van der Waals surface area contributed by atoms with Crippen molar-refractivity contribution >= 4 is 48.9 Å². The van der Waals surface area contributed by atoms with Gasteiger partial charge in [0.25, 0.3) is 10.0 Å². The first kappa shape index (κ1) is 14.9. The van der Waals surface area contributed by atoms with Crippen LogP contribution in [0.3, 0.4) is 0 Å². The molecule has 6 nitrogen and oxygen atoms in total. The summed E-state index contributed by atoms with van der Waals surface area (Å²) in [6.07, 6.45) is 1.29. The van der Waals surface area contributed by atoms with Gasteiger partial charge >= 0.3 is 5.97 Å². The quantitative estimate of drug-likeness (QED) is 0.854. The van der Waals surface area contributed by atoms with Gasteiger partial charge in [-0.3, -0.25) is 4.72 Å². The number of hydrogen-bond donors (Lipinski definition) is 2. The number of carboxylic acids is 1. The Morgan fingerprint density at radius 2 is 2.20 bits per heavy atom. The number of carbonyl (C=O) groups is 1. The summed E-state index contributed by atoms with van der Waals surface area (Å²) in [5.41, 5.74) is -0.412. The van der Waals surface area contributed by atoms with E-state index in [-0.39, 0.29) is 16.3 Å². The maximum Gasteiger partial charge on any atom is 0.356 e. The summed E-state index contributed by atoms with van der Waals surface area (Å²) < 4.78 is 27.5. The number of nitrogens with one attached hydrogen (secondary N) is 1. The molecule has 0 unspecified atom stereocenters. The Labute approximate surface area is 127 Å². The number of rotatable bonds is 4. The number of aromatic carboxylic acids is 1. The molecule has 0 atom stereocenters. The van der Waals surface area contributed by atoms with Crippen LogP contribution >= 0.6 is 27.3 Å². The zero-order valence-corrected chi connectivity index (χ0v) is 13.3. The SMILES string of the molecule is Cc1sc(Br)cc1S(=O)(=O)Nc1cccnc1C(=O)O. The minimum atomic E-state index is -3.85. The summed E-state index contributed by atoms with van der Waals surface area (Å²) in [6.45, 7) is 1.67. The summed E-state index contributed by atoms with van der Waals surface area (Å²) in [5, 5.41) is 8.99. The zero-order chi connectivity index (χ0) is 14.9. The normalized spacial score (nSPS) is 11.3. The molecule has 0 bridgehead atoms. The first-order chi connectivity index (χ1) is 9.31. The molecule has 2 aromatic rings. The highest BCUT2D eigenvalue weighted by Crippen LogP contribution is 2.31. The van der Waals surface area contributed by atoms with Crippen LogP contribution in [0.4, 0.5) is 5.69 Å². The number of anilines is 1. The molecule has 2 aromatic heterocycles. The molecular weight excluding hydrogens is 368 g/mol. The third-order valence-corrected chi connectivity index (χ3v) is 5.56. The van der Waals surface area contributed by atoms with E-state index in [4.69, 9.17) is 5.11 Å². The van der Waals surface area contributed by atoms with Gasteiger partial charge in [-0.15, -0.1) is 11.3 Å². The van der Waals surface area contributed by atoms with E-state index in [1.165, 1.54) is 35.7 Å². The molecule has 0 radical (unpaired) electrons. The van der Waals surface area contributed by atoms with Crippen LogP contribution in [0.5, 0.6) is 0 Å². The monoisotopic (exact) mass is 376 g/mol. The zero-order valence-electron chi connectivity index (χ0n) is 10.1. The Balaban J connectivity index is 2.44. The van der Waals surface area contributed by atoms with Crippen molar-refractivity contribution < 1.29 is 18.3 Å². The molecule has 20 heavy (non-hydrogen) atoms. The molecule has 2 N–H and O–H groups in total. The highest BCUT2D eigenvalue weighted by Gasteiger charge is 2.22. The maximum atomic E-state index is 12.3. The maximum absolute atomic E-state index is 12.3. The fourth-order valence-electron chi connectivity index (χ4n) is 1.56. The Bertz CT molecular complexity index is 770. The van der Waals surface area contributed by atoms with Crippen molar-refractivity contribution in [2.24, 2.45) is 0 Å². The molecule has 2 heterocycles. The second-order valence-electron chi connectivity index (χ2n) is 3.78. The lowest BCUT2D eigenvalue weighted by Crippen LogP contribution is -2.16. The molecule has 0 aromatic carbocycles. The fraction of sp³-hybridized carbons (Fsp3) is 0.0909. The Hall–Kier alpha value is -1.45. The van der Waals surface area contributed by atoms with Crippen LogP contribution < -0.4 is 4.72 Å². The average Bonchev–Trinajstić information content (AvgIpc) is 2.69. The van der Waals surface area contributed by atoms with Crippen molar-refractivity contribution in [1.29, 1.82) is 0 Å². The summed E-state index contributed by atoms with van der Waals surface area (Å²) in [6, 6.07) is 4.28. The first-order valence-corrected chi connectivity index (χ1v) is 8.37. The van der Waals surface area contributed by atoms with Crippen LogP contribution in [0.25, 0.3) is 0 Å². The molecule has 2 rings (SSSR count). The molecule has 0 aliphatic carbocycles. The van der Waals surface area contributed by atoms with Gasteiger partial charge in [0.1, 0.15) is 4.90 Å². The van der Waals surface area contributed by atoms with Gasteiger partial charge in [0.15, 0.2) is 5.69 Å². The number of halogens is 1. The predicted molar refractivity (Wildman–Crippen MR) is 78.8 cm³/mol. The Kier molecular flexibility index (Phi) is 4.11. The average molecular weight is 377 g/mol. The molecule has 106 valence electrons. The van der Waals surface area contributed by atoms with Gasteiger partial charge in [-0.2, -0.15) is 0 Å². The van der Waals surface area contributed by atoms with E-state index in [0.717, 1.165) is 0 Å². The van der Waals surface area contributed by atoms with Crippen LogP contribution in [-0.4, -0.2) is 24.5 Å². The highest BCUT2D eigenvalue weighted by molar-refractivity contribution is 9.11. The van der Waals surface area contributed by atoms with Crippen LogP contribution in [0.2, 0.25) is 0 Å². The van der Waals surface area contributed by atoms with Crippen LogP contribution in [-0.2, 0) is 10.0 Å². The van der Waals surface area contributed by atoms with Gasteiger partial charge in [0, 0.05) is 11.1 Å². The predicted octanol–water partition coefficient (Wildman–Crippen LogP) is 2.71. The van der Waals surface area contributed by atoms with Gasteiger partial charge in [-0.25, -0.2) is 18.2 Å². The lowest BCUT2D eigenvalue weighted by atomic mass is 10.3. The highest BCUT2D eigenvalue weighted by atomic mass is 79.9. The lowest BCUT2D eigenvalue weighted by Gasteiger charge is -2.09. The summed E-state index contributed by atoms with van der Waals surface area (Å²) in [5.74, 6) is -1.30. The number of sulfonamides is 1. The van der Waals surface area contributed by atoms with Crippen molar-refractivity contribution in [2.75, 3.05) is 4.72 Å². The van der Waals surface area contributed by atoms with Gasteiger partial charge in [-0.1, -0.05) is 0 Å². The van der Waals surface area contributed by atoms with E-state index >= 15 is 0 Å². The molecule has 0 aliphatic rings. The van der Waals surface area contributed by atoms with E-state index in [9.17, 15) is 13.2 Å². The number of hydrogen-bond acceptors (Lipinski definition) is 5. The smallest absolute Gasteiger partial charge is 0.356 e. The molecule has 0 fully saturated rings. The minimum Gasteiger partial charge on any atom is -0.476 e. The van der Waals surface area contributed by atoms with Gasteiger partial charge in [-0.05, 0) is 41.1 Å². The van der Waals surface area contributed by atoms with Gasteiger partial charge in [0.2, 0.25) is 0 Å². The van der Waals surface area contributed by atoms with Crippen LogP contribution in [0.15, 0.2) is 33.1 Å². The summed E-state index contributed by atoms with van der Waals surface area (Å²) in [7, 11) is -3.85.